The van der Waals surface area contributed by atoms with Gasteiger partial charge in [-0.15, -0.1) is 0 Å². The maximum atomic E-state index is 13.9. The Labute approximate surface area is 117 Å². The Morgan fingerprint density at radius 1 is 1.35 bits per heavy atom. The zero-order valence-corrected chi connectivity index (χ0v) is 11.6. The third kappa shape index (κ3) is 2.88. The lowest BCUT2D eigenvalue weighted by molar-refractivity contribution is 0.294. The molecule has 106 valence electrons. The number of halogens is 1. The van der Waals surface area contributed by atoms with Crippen molar-refractivity contribution in [3.05, 3.63) is 53.1 Å². The molecule has 0 saturated heterocycles. The van der Waals surface area contributed by atoms with Crippen molar-refractivity contribution in [3.63, 3.8) is 0 Å². The van der Waals surface area contributed by atoms with Crippen molar-refractivity contribution in [2.45, 2.75) is 13.8 Å². The molecule has 1 aromatic heterocycles. The van der Waals surface area contributed by atoms with Gasteiger partial charge in [-0.25, -0.2) is 4.39 Å². The minimum atomic E-state index is -0.254. The Kier molecular flexibility index (Phi) is 4.53. The summed E-state index contributed by atoms with van der Waals surface area (Å²) in [4.78, 5) is 0. The molecule has 0 atom stereocenters. The van der Waals surface area contributed by atoms with E-state index in [2.05, 4.69) is 10.5 Å². The number of aromatic nitrogens is 1. The Morgan fingerprint density at radius 2 is 2.10 bits per heavy atom. The van der Waals surface area contributed by atoms with Crippen molar-refractivity contribution in [1.29, 1.82) is 0 Å². The molecule has 0 radical (unpaired) electrons. The molecule has 0 spiro atoms. The summed E-state index contributed by atoms with van der Waals surface area (Å²) in [5.41, 5.74) is 6.03. The molecule has 0 aliphatic heterocycles. The predicted molar refractivity (Wildman–Crippen MR) is 77.9 cm³/mol. The van der Waals surface area contributed by atoms with E-state index < -0.39 is 0 Å². The van der Waals surface area contributed by atoms with Gasteiger partial charge in [-0.1, -0.05) is 12.1 Å². The van der Waals surface area contributed by atoms with Crippen molar-refractivity contribution in [2.24, 2.45) is 5.10 Å². The quantitative estimate of drug-likeness (QED) is 0.499. The number of aryl methyl sites for hydroxylation is 1. The number of benzene rings is 1. The van der Waals surface area contributed by atoms with Crippen molar-refractivity contribution < 1.29 is 9.50 Å². The Hall–Kier alpha value is -2.14. The van der Waals surface area contributed by atoms with Crippen LogP contribution in [-0.2, 0) is 0 Å². The van der Waals surface area contributed by atoms with Gasteiger partial charge in [0.2, 0.25) is 0 Å². The molecule has 0 unspecified atom stereocenters. The fourth-order valence-electron chi connectivity index (χ4n) is 2.15. The zero-order chi connectivity index (χ0) is 14.5. The van der Waals surface area contributed by atoms with Gasteiger partial charge in [-0.05, 0) is 32.0 Å². The third-order valence-corrected chi connectivity index (χ3v) is 3.08. The SMILES string of the molecule is Cc1cc(/C=N\NCCO)c(C)n1-c1ccccc1F. The van der Waals surface area contributed by atoms with Crippen molar-refractivity contribution in [3.8, 4) is 5.69 Å². The fraction of sp³-hybridized carbons (Fsp3) is 0.267. The first-order valence-electron chi connectivity index (χ1n) is 6.45. The number of aliphatic hydroxyl groups is 1. The Balaban J connectivity index is 2.35. The van der Waals surface area contributed by atoms with Gasteiger partial charge >= 0.3 is 0 Å². The van der Waals surface area contributed by atoms with Crippen LogP contribution in [0.2, 0.25) is 0 Å². The summed E-state index contributed by atoms with van der Waals surface area (Å²) < 4.78 is 15.8. The average Bonchev–Trinajstić information content (AvgIpc) is 2.71. The topological polar surface area (TPSA) is 49.6 Å². The summed E-state index contributed by atoms with van der Waals surface area (Å²) in [6.07, 6.45) is 1.68. The maximum absolute atomic E-state index is 13.9. The molecule has 1 aromatic carbocycles. The summed E-state index contributed by atoms with van der Waals surface area (Å²) in [5.74, 6) is -0.254. The largest absolute Gasteiger partial charge is 0.394 e. The van der Waals surface area contributed by atoms with Gasteiger partial charge in [-0.3, -0.25) is 0 Å². The molecule has 0 saturated carbocycles. The van der Waals surface area contributed by atoms with Crippen LogP contribution in [0.4, 0.5) is 4.39 Å². The number of nitrogens with zero attached hydrogens (tertiary/aromatic N) is 2. The summed E-state index contributed by atoms with van der Waals surface area (Å²) in [5, 5.41) is 12.7. The summed E-state index contributed by atoms with van der Waals surface area (Å²) in [6.45, 7) is 4.29. The normalized spacial score (nSPS) is 11.2. The highest BCUT2D eigenvalue weighted by molar-refractivity contribution is 5.82. The monoisotopic (exact) mass is 275 g/mol. The van der Waals surface area contributed by atoms with Crippen LogP contribution < -0.4 is 5.43 Å². The molecule has 0 bridgehead atoms. The summed E-state index contributed by atoms with van der Waals surface area (Å²) in [7, 11) is 0. The highest BCUT2D eigenvalue weighted by atomic mass is 19.1. The van der Waals surface area contributed by atoms with Gasteiger partial charge < -0.3 is 15.1 Å². The van der Waals surface area contributed by atoms with E-state index in [-0.39, 0.29) is 12.4 Å². The second-order valence-electron chi connectivity index (χ2n) is 4.50. The number of hydrazone groups is 1. The molecule has 0 fully saturated rings. The Bertz CT molecular complexity index is 620. The van der Waals surface area contributed by atoms with Gasteiger partial charge in [0.15, 0.2) is 0 Å². The standard InChI is InChI=1S/C15H18FN3O/c1-11-9-13(10-18-17-7-8-20)12(2)19(11)15-6-4-3-5-14(15)16/h3-6,9-10,17,20H,7-8H2,1-2H3/b18-10-. The van der Waals surface area contributed by atoms with Gasteiger partial charge in [0.05, 0.1) is 25.1 Å². The van der Waals surface area contributed by atoms with E-state index in [4.69, 9.17) is 5.11 Å². The smallest absolute Gasteiger partial charge is 0.147 e. The minimum absolute atomic E-state index is 0.0333. The van der Waals surface area contributed by atoms with E-state index in [0.29, 0.717) is 12.2 Å². The van der Waals surface area contributed by atoms with Gasteiger partial charge in [0.25, 0.3) is 0 Å². The molecule has 1 heterocycles. The van der Waals surface area contributed by atoms with Crippen LogP contribution in [0.3, 0.4) is 0 Å². The number of rotatable bonds is 5. The number of para-hydroxylation sites is 1. The number of aliphatic hydroxyl groups excluding tert-OH is 1. The highest BCUT2D eigenvalue weighted by Gasteiger charge is 2.12. The summed E-state index contributed by atoms with van der Waals surface area (Å²) >= 11 is 0. The zero-order valence-electron chi connectivity index (χ0n) is 11.6. The molecular weight excluding hydrogens is 257 g/mol. The number of hydrogen-bond donors (Lipinski definition) is 2. The first-order chi connectivity index (χ1) is 9.65. The average molecular weight is 275 g/mol. The van der Waals surface area contributed by atoms with Crippen LogP contribution >= 0.6 is 0 Å². The molecule has 4 nitrogen and oxygen atoms in total. The molecule has 2 N–H and O–H groups in total. The van der Waals surface area contributed by atoms with Crippen LogP contribution in [0.15, 0.2) is 35.4 Å². The van der Waals surface area contributed by atoms with Crippen LogP contribution in [0.1, 0.15) is 17.0 Å². The van der Waals surface area contributed by atoms with Gasteiger partial charge in [0, 0.05) is 17.0 Å². The molecule has 0 aliphatic carbocycles. The van der Waals surface area contributed by atoms with Crippen molar-refractivity contribution >= 4 is 6.21 Å². The van der Waals surface area contributed by atoms with Crippen LogP contribution in [0.25, 0.3) is 5.69 Å². The van der Waals surface area contributed by atoms with Crippen molar-refractivity contribution in [1.82, 2.24) is 9.99 Å². The first kappa shape index (κ1) is 14.3. The second-order valence-corrected chi connectivity index (χ2v) is 4.50. The van der Waals surface area contributed by atoms with Gasteiger partial charge in [-0.2, -0.15) is 5.10 Å². The second kappa shape index (κ2) is 6.34. The third-order valence-electron chi connectivity index (χ3n) is 3.08. The van der Waals surface area contributed by atoms with E-state index in [1.807, 2.05) is 30.5 Å². The molecule has 2 rings (SSSR count). The lowest BCUT2D eigenvalue weighted by atomic mass is 10.2. The highest BCUT2D eigenvalue weighted by Crippen LogP contribution is 2.21. The lowest BCUT2D eigenvalue weighted by Crippen LogP contribution is -2.11. The fourth-order valence-corrected chi connectivity index (χ4v) is 2.15. The van der Waals surface area contributed by atoms with Crippen LogP contribution in [0.5, 0.6) is 0 Å². The van der Waals surface area contributed by atoms with E-state index in [1.54, 1.807) is 18.3 Å². The molecule has 0 aliphatic rings. The van der Waals surface area contributed by atoms with E-state index in [0.717, 1.165) is 17.0 Å². The maximum Gasteiger partial charge on any atom is 0.147 e. The molecule has 20 heavy (non-hydrogen) atoms. The van der Waals surface area contributed by atoms with E-state index in [9.17, 15) is 4.39 Å². The van der Waals surface area contributed by atoms with Gasteiger partial charge in [0.1, 0.15) is 5.82 Å². The molecule has 5 heteroatoms. The lowest BCUT2D eigenvalue weighted by Gasteiger charge is -2.10. The summed E-state index contributed by atoms with van der Waals surface area (Å²) in [6, 6.07) is 8.64. The van der Waals surface area contributed by atoms with Crippen LogP contribution in [0, 0.1) is 19.7 Å². The van der Waals surface area contributed by atoms with Crippen LogP contribution in [-0.4, -0.2) is 29.0 Å². The number of hydrogen-bond acceptors (Lipinski definition) is 3. The van der Waals surface area contributed by atoms with E-state index >= 15 is 0 Å². The van der Waals surface area contributed by atoms with E-state index in [1.165, 1.54) is 6.07 Å². The first-order valence-corrected chi connectivity index (χ1v) is 6.45. The predicted octanol–water partition coefficient (Wildman–Crippen LogP) is 2.15. The molecule has 0 amide bonds. The molecule has 2 aromatic rings. The Morgan fingerprint density at radius 3 is 2.80 bits per heavy atom. The molecular formula is C15H18FN3O. The number of nitrogens with one attached hydrogen (secondary N) is 1. The minimum Gasteiger partial charge on any atom is -0.394 e. The van der Waals surface area contributed by atoms with Crippen molar-refractivity contribution in [2.75, 3.05) is 13.2 Å².